The number of alkyl carbamates (subject to hydrolysis) is 1. The summed E-state index contributed by atoms with van der Waals surface area (Å²) in [7, 11) is 0. The lowest BCUT2D eigenvalue weighted by Crippen LogP contribution is -2.54. The van der Waals surface area contributed by atoms with E-state index in [1.54, 1.807) is 51.1 Å². The van der Waals surface area contributed by atoms with Gasteiger partial charge in [0.2, 0.25) is 5.91 Å². The number of nitrogens with zero attached hydrogens (tertiary/aromatic N) is 1. The first kappa shape index (κ1) is 32.6. The van der Waals surface area contributed by atoms with Gasteiger partial charge in [0.05, 0.1) is 6.61 Å². The molecule has 9 nitrogen and oxygen atoms in total. The molecule has 220 valence electrons. The van der Waals surface area contributed by atoms with Crippen LogP contribution in [0.25, 0.3) is 0 Å². The Morgan fingerprint density at radius 2 is 1.57 bits per heavy atom. The van der Waals surface area contributed by atoms with E-state index in [1.807, 2.05) is 19.1 Å². The molecule has 0 fully saturated rings. The number of amides is 3. The Kier molecular flexibility index (Phi) is 12.9. The average molecular weight is 556 g/mol. The van der Waals surface area contributed by atoms with Crippen LogP contribution in [-0.4, -0.2) is 57.8 Å². The van der Waals surface area contributed by atoms with Gasteiger partial charge in [-0.25, -0.2) is 4.79 Å². The molecule has 2 aromatic rings. The highest BCUT2D eigenvalue weighted by molar-refractivity contribution is 5.99. The molecular formula is C31H45N3O6. The van der Waals surface area contributed by atoms with Crippen LogP contribution in [-0.2, 0) is 14.3 Å². The summed E-state index contributed by atoms with van der Waals surface area (Å²) in [6.07, 6.45) is 4.85. The van der Waals surface area contributed by atoms with E-state index in [1.165, 1.54) is 11.0 Å². The lowest BCUT2D eigenvalue weighted by Gasteiger charge is -2.34. The number of aliphatic hydroxyl groups is 1. The van der Waals surface area contributed by atoms with Gasteiger partial charge in [-0.1, -0.05) is 75.4 Å². The molecule has 9 heteroatoms. The first-order chi connectivity index (χ1) is 19.0. The Morgan fingerprint density at radius 3 is 2.20 bits per heavy atom. The Balaban J connectivity index is 2.46. The summed E-state index contributed by atoms with van der Waals surface area (Å²) >= 11 is 0. The number of phenols is 1. The summed E-state index contributed by atoms with van der Waals surface area (Å²) < 4.78 is 5.29. The maximum Gasteiger partial charge on any atom is 0.408 e. The molecule has 4 N–H and O–H groups in total. The van der Waals surface area contributed by atoms with E-state index in [9.17, 15) is 24.6 Å². The molecule has 0 saturated heterocycles. The highest BCUT2D eigenvalue weighted by Gasteiger charge is 2.37. The standard InChI is InChI=1S/C31H45N3O6/c1-6-7-8-9-10-15-20-34(29(38)25(21-35)33-30(39)40-31(3,4)5)27(23-17-12-14-19-26(23)36)28(37)32-24-18-13-11-16-22(24)2/h11-14,16-19,25,27,35-36H,6-10,15,20-21H2,1-5H3,(H,32,37)(H,33,39). The van der Waals surface area contributed by atoms with Crippen LogP contribution in [0.15, 0.2) is 48.5 Å². The Labute approximate surface area is 237 Å². The van der Waals surface area contributed by atoms with E-state index in [0.29, 0.717) is 12.1 Å². The summed E-state index contributed by atoms with van der Waals surface area (Å²) in [4.78, 5) is 41.6. The smallest absolute Gasteiger partial charge is 0.408 e. The minimum absolute atomic E-state index is 0.145. The van der Waals surface area contributed by atoms with E-state index in [0.717, 1.165) is 37.7 Å². The van der Waals surface area contributed by atoms with Gasteiger partial charge in [0.1, 0.15) is 23.4 Å². The van der Waals surface area contributed by atoms with E-state index >= 15 is 0 Å². The molecule has 0 aliphatic rings. The molecule has 0 heterocycles. The van der Waals surface area contributed by atoms with Gasteiger partial charge < -0.3 is 30.5 Å². The number of hydrogen-bond acceptors (Lipinski definition) is 6. The van der Waals surface area contributed by atoms with Gasteiger partial charge >= 0.3 is 6.09 Å². The first-order valence-corrected chi connectivity index (χ1v) is 14.0. The Morgan fingerprint density at radius 1 is 0.950 bits per heavy atom. The highest BCUT2D eigenvalue weighted by Crippen LogP contribution is 2.31. The van der Waals surface area contributed by atoms with Crippen molar-refractivity contribution in [3.63, 3.8) is 0 Å². The number of ether oxygens (including phenoxy) is 1. The zero-order valence-electron chi connectivity index (χ0n) is 24.4. The van der Waals surface area contributed by atoms with Crippen LogP contribution < -0.4 is 10.6 Å². The Hall–Kier alpha value is -3.59. The molecule has 0 bridgehead atoms. The summed E-state index contributed by atoms with van der Waals surface area (Å²) in [5, 5.41) is 26.2. The number of hydrogen-bond donors (Lipinski definition) is 4. The molecule has 3 amide bonds. The van der Waals surface area contributed by atoms with Gasteiger partial charge in [-0.05, 0) is 51.8 Å². The number of aryl methyl sites for hydroxylation is 1. The SMILES string of the molecule is CCCCCCCCN(C(=O)C(CO)NC(=O)OC(C)(C)C)C(C(=O)Nc1ccccc1C)c1ccccc1O. The fourth-order valence-electron chi connectivity index (χ4n) is 4.35. The second-order valence-electron chi connectivity index (χ2n) is 10.9. The van der Waals surface area contributed by atoms with Crippen LogP contribution in [0.5, 0.6) is 5.75 Å². The monoisotopic (exact) mass is 555 g/mol. The summed E-state index contributed by atoms with van der Waals surface area (Å²) in [6, 6.07) is 11.1. The Bertz CT molecular complexity index is 1110. The zero-order chi connectivity index (χ0) is 29.7. The van der Waals surface area contributed by atoms with Crippen molar-refractivity contribution in [1.29, 1.82) is 0 Å². The average Bonchev–Trinajstić information content (AvgIpc) is 2.89. The number of aliphatic hydroxyl groups excluding tert-OH is 1. The molecule has 0 aliphatic heterocycles. The number of para-hydroxylation sites is 2. The molecule has 2 atom stereocenters. The maximum absolute atomic E-state index is 13.9. The van der Waals surface area contributed by atoms with Crippen molar-refractivity contribution in [3.05, 3.63) is 59.7 Å². The second-order valence-corrected chi connectivity index (χ2v) is 10.9. The molecule has 0 aliphatic carbocycles. The fourth-order valence-corrected chi connectivity index (χ4v) is 4.35. The predicted octanol–water partition coefficient (Wildman–Crippen LogP) is 5.46. The number of rotatable bonds is 14. The van der Waals surface area contributed by atoms with Crippen molar-refractivity contribution in [2.75, 3.05) is 18.5 Å². The number of carbonyl (C=O) groups excluding carboxylic acids is 3. The van der Waals surface area contributed by atoms with E-state index in [2.05, 4.69) is 17.6 Å². The van der Waals surface area contributed by atoms with Gasteiger partial charge in [-0.2, -0.15) is 0 Å². The van der Waals surface area contributed by atoms with Crippen LogP contribution in [0.3, 0.4) is 0 Å². The fraction of sp³-hybridized carbons (Fsp3) is 0.516. The largest absolute Gasteiger partial charge is 0.508 e. The van der Waals surface area contributed by atoms with Crippen molar-refractivity contribution < 1.29 is 29.3 Å². The molecule has 2 aromatic carbocycles. The minimum Gasteiger partial charge on any atom is -0.508 e. The van der Waals surface area contributed by atoms with Gasteiger partial charge in [-0.15, -0.1) is 0 Å². The predicted molar refractivity (Wildman–Crippen MR) is 156 cm³/mol. The lowest BCUT2D eigenvalue weighted by molar-refractivity contribution is -0.141. The van der Waals surface area contributed by atoms with Crippen molar-refractivity contribution >= 4 is 23.6 Å². The molecule has 0 radical (unpaired) electrons. The number of benzene rings is 2. The third kappa shape index (κ3) is 10.2. The molecule has 0 aromatic heterocycles. The molecule has 2 rings (SSSR count). The molecule has 0 saturated carbocycles. The van der Waals surface area contributed by atoms with Crippen molar-refractivity contribution in [3.8, 4) is 5.75 Å². The van der Waals surface area contributed by atoms with Crippen LogP contribution >= 0.6 is 0 Å². The number of aromatic hydroxyl groups is 1. The summed E-state index contributed by atoms with van der Waals surface area (Å²) in [5.41, 5.74) is 0.838. The van der Waals surface area contributed by atoms with E-state index in [4.69, 9.17) is 4.74 Å². The van der Waals surface area contributed by atoms with Crippen LogP contribution in [0.1, 0.15) is 83.4 Å². The van der Waals surface area contributed by atoms with Crippen molar-refractivity contribution in [1.82, 2.24) is 10.2 Å². The van der Waals surface area contributed by atoms with E-state index < -0.39 is 42.2 Å². The van der Waals surface area contributed by atoms with Crippen LogP contribution in [0.4, 0.5) is 10.5 Å². The quantitative estimate of drug-likeness (QED) is 0.229. The topological polar surface area (TPSA) is 128 Å². The minimum atomic E-state index is -1.35. The van der Waals surface area contributed by atoms with Gasteiger partial charge in [0.15, 0.2) is 0 Å². The number of phenolic OH excluding ortho intramolecular Hbond substituents is 1. The van der Waals surface area contributed by atoms with Gasteiger partial charge in [-0.3, -0.25) is 9.59 Å². The molecule has 2 unspecified atom stereocenters. The van der Waals surface area contributed by atoms with E-state index in [-0.39, 0.29) is 17.9 Å². The summed E-state index contributed by atoms with van der Waals surface area (Å²) in [6.45, 7) is 8.55. The third-order valence-electron chi connectivity index (χ3n) is 6.40. The maximum atomic E-state index is 13.9. The van der Waals surface area contributed by atoms with Crippen molar-refractivity contribution in [2.45, 2.75) is 90.8 Å². The molecule has 0 spiro atoms. The van der Waals surface area contributed by atoms with Gasteiger partial charge in [0.25, 0.3) is 5.91 Å². The van der Waals surface area contributed by atoms with Crippen LogP contribution in [0, 0.1) is 6.92 Å². The second kappa shape index (κ2) is 15.9. The number of carbonyl (C=O) groups is 3. The first-order valence-electron chi connectivity index (χ1n) is 14.0. The van der Waals surface area contributed by atoms with Crippen LogP contribution in [0.2, 0.25) is 0 Å². The normalized spacial score (nSPS) is 12.8. The lowest BCUT2D eigenvalue weighted by atomic mass is 10.0. The summed E-state index contributed by atoms with van der Waals surface area (Å²) in [5.74, 6) is -1.33. The third-order valence-corrected chi connectivity index (χ3v) is 6.40. The number of anilines is 1. The van der Waals surface area contributed by atoms with Crippen molar-refractivity contribution in [2.24, 2.45) is 0 Å². The van der Waals surface area contributed by atoms with Gasteiger partial charge in [0, 0.05) is 17.8 Å². The molecular weight excluding hydrogens is 510 g/mol. The molecule has 40 heavy (non-hydrogen) atoms. The number of nitrogens with one attached hydrogen (secondary N) is 2. The number of unbranched alkanes of at least 4 members (excludes halogenated alkanes) is 5. The zero-order valence-corrected chi connectivity index (χ0v) is 24.4. The highest BCUT2D eigenvalue weighted by atomic mass is 16.6.